The van der Waals surface area contributed by atoms with Gasteiger partial charge in [-0.3, -0.25) is 14.4 Å². The van der Waals surface area contributed by atoms with E-state index in [0.717, 1.165) is 17.9 Å². The van der Waals surface area contributed by atoms with Gasteiger partial charge in [-0.25, -0.2) is 0 Å². The first-order chi connectivity index (χ1) is 14.0. The van der Waals surface area contributed by atoms with Gasteiger partial charge in [0, 0.05) is 39.5 Å². The summed E-state index contributed by atoms with van der Waals surface area (Å²) >= 11 is 0. The minimum Gasteiger partial charge on any atom is -0.349 e. The second-order valence-electron chi connectivity index (χ2n) is 8.32. The third-order valence-electron chi connectivity index (χ3n) is 6.18. The minimum absolute atomic E-state index is 0.0191. The first-order valence-electron chi connectivity index (χ1n) is 10.9. The average Bonchev–Trinajstić information content (AvgIpc) is 3.25. The van der Waals surface area contributed by atoms with Crippen molar-refractivity contribution >= 4 is 17.7 Å². The maximum absolute atomic E-state index is 12.8. The lowest BCUT2D eigenvalue weighted by molar-refractivity contribution is -0.140. The van der Waals surface area contributed by atoms with E-state index in [-0.39, 0.29) is 30.2 Å². The number of hydrogen-bond donors (Lipinski definition) is 1. The van der Waals surface area contributed by atoms with Gasteiger partial charge in [0.25, 0.3) is 0 Å². The van der Waals surface area contributed by atoms with E-state index in [1.165, 1.54) is 32.6 Å². The van der Waals surface area contributed by atoms with Gasteiger partial charge in [-0.2, -0.15) is 0 Å². The number of carbonyl (C=O) groups excluding carboxylic acids is 3. The summed E-state index contributed by atoms with van der Waals surface area (Å²) in [5.74, 6) is 0.824. The maximum atomic E-state index is 12.8. The Morgan fingerprint density at radius 2 is 1.55 bits per heavy atom. The molecule has 3 amide bonds. The number of piperazine rings is 1. The van der Waals surface area contributed by atoms with Crippen LogP contribution in [0.25, 0.3) is 0 Å². The van der Waals surface area contributed by atoms with E-state index in [1.807, 2.05) is 40.1 Å². The molecule has 0 aromatic heterocycles. The molecule has 1 aromatic rings. The van der Waals surface area contributed by atoms with Gasteiger partial charge in [-0.1, -0.05) is 56.0 Å². The fourth-order valence-electron chi connectivity index (χ4n) is 4.48. The Morgan fingerprint density at radius 3 is 2.14 bits per heavy atom. The number of benzene rings is 1. The molecule has 1 aromatic carbocycles. The van der Waals surface area contributed by atoms with Crippen molar-refractivity contribution in [2.75, 3.05) is 26.2 Å². The van der Waals surface area contributed by atoms with E-state index in [2.05, 4.69) is 5.32 Å². The van der Waals surface area contributed by atoms with Crippen LogP contribution >= 0.6 is 0 Å². The molecule has 1 aliphatic carbocycles. The van der Waals surface area contributed by atoms with E-state index in [1.54, 1.807) is 0 Å². The largest absolute Gasteiger partial charge is 0.349 e. The van der Waals surface area contributed by atoms with Crippen LogP contribution < -0.4 is 5.32 Å². The van der Waals surface area contributed by atoms with Gasteiger partial charge in [0.1, 0.15) is 0 Å². The monoisotopic (exact) mass is 399 g/mol. The Labute approximate surface area is 173 Å². The highest BCUT2D eigenvalue weighted by Gasteiger charge is 2.27. The molecule has 1 aliphatic heterocycles. The molecule has 1 atom stereocenters. The lowest BCUT2D eigenvalue weighted by Crippen LogP contribution is -2.51. The SMILES string of the molecule is CC(=O)NC(CC(=O)N1CCN(C(=O)CCC2CCCC2)CC1)c1ccccc1. The summed E-state index contributed by atoms with van der Waals surface area (Å²) in [4.78, 5) is 40.6. The van der Waals surface area contributed by atoms with Gasteiger partial charge in [0.05, 0.1) is 12.5 Å². The smallest absolute Gasteiger partial charge is 0.225 e. The Balaban J connectivity index is 1.47. The second-order valence-corrected chi connectivity index (χ2v) is 8.32. The Kier molecular flexibility index (Phi) is 7.67. The highest BCUT2D eigenvalue weighted by molar-refractivity contribution is 5.80. The molecule has 158 valence electrons. The Bertz CT molecular complexity index is 693. The summed E-state index contributed by atoms with van der Waals surface area (Å²) in [6, 6.07) is 9.25. The second kappa shape index (κ2) is 10.4. The van der Waals surface area contributed by atoms with Crippen molar-refractivity contribution in [3.05, 3.63) is 35.9 Å². The van der Waals surface area contributed by atoms with Crippen LogP contribution in [0.3, 0.4) is 0 Å². The van der Waals surface area contributed by atoms with Crippen molar-refractivity contribution in [2.45, 2.75) is 57.9 Å². The molecule has 6 heteroatoms. The zero-order chi connectivity index (χ0) is 20.6. The van der Waals surface area contributed by atoms with Crippen molar-refractivity contribution in [3.8, 4) is 0 Å². The van der Waals surface area contributed by atoms with E-state index < -0.39 is 0 Å². The molecule has 1 saturated carbocycles. The van der Waals surface area contributed by atoms with Crippen molar-refractivity contribution in [3.63, 3.8) is 0 Å². The van der Waals surface area contributed by atoms with Gasteiger partial charge in [0.2, 0.25) is 17.7 Å². The van der Waals surface area contributed by atoms with Crippen molar-refractivity contribution in [1.29, 1.82) is 0 Å². The molecule has 29 heavy (non-hydrogen) atoms. The van der Waals surface area contributed by atoms with Crippen LogP contribution in [0.5, 0.6) is 0 Å². The number of amides is 3. The lowest BCUT2D eigenvalue weighted by Gasteiger charge is -2.35. The molecular weight excluding hydrogens is 366 g/mol. The summed E-state index contributed by atoms with van der Waals surface area (Å²) < 4.78 is 0. The Morgan fingerprint density at radius 1 is 0.966 bits per heavy atom. The number of hydrogen-bond acceptors (Lipinski definition) is 3. The molecule has 0 spiro atoms. The molecule has 0 bridgehead atoms. The zero-order valence-corrected chi connectivity index (χ0v) is 17.4. The summed E-state index contributed by atoms with van der Waals surface area (Å²) in [6.07, 6.45) is 7.03. The van der Waals surface area contributed by atoms with Gasteiger partial charge >= 0.3 is 0 Å². The number of nitrogens with one attached hydrogen (secondary N) is 1. The number of nitrogens with zero attached hydrogens (tertiary/aromatic N) is 2. The molecule has 1 saturated heterocycles. The van der Waals surface area contributed by atoms with E-state index in [9.17, 15) is 14.4 Å². The van der Waals surface area contributed by atoms with Crippen LogP contribution in [0, 0.1) is 5.92 Å². The summed E-state index contributed by atoms with van der Waals surface area (Å²) in [5.41, 5.74) is 0.928. The van der Waals surface area contributed by atoms with Crippen molar-refractivity contribution in [1.82, 2.24) is 15.1 Å². The van der Waals surface area contributed by atoms with Crippen LogP contribution in [0.1, 0.15) is 63.5 Å². The molecule has 0 radical (unpaired) electrons. The van der Waals surface area contributed by atoms with E-state index >= 15 is 0 Å². The predicted octanol–water partition coefficient (Wildman–Crippen LogP) is 2.90. The summed E-state index contributed by atoms with van der Waals surface area (Å²) in [5, 5.41) is 2.89. The van der Waals surface area contributed by atoms with Crippen LogP contribution in [-0.4, -0.2) is 53.7 Å². The maximum Gasteiger partial charge on any atom is 0.225 e. The highest BCUT2D eigenvalue weighted by atomic mass is 16.2. The van der Waals surface area contributed by atoms with Crippen LogP contribution in [-0.2, 0) is 14.4 Å². The van der Waals surface area contributed by atoms with Gasteiger partial charge < -0.3 is 15.1 Å². The number of rotatable bonds is 7. The lowest BCUT2D eigenvalue weighted by atomic mass is 10.0. The van der Waals surface area contributed by atoms with Crippen LogP contribution in [0.4, 0.5) is 0 Å². The third-order valence-corrected chi connectivity index (χ3v) is 6.18. The molecule has 3 rings (SSSR count). The van der Waals surface area contributed by atoms with E-state index in [4.69, 9.17) is 0 Å². The molecule has 6 nitrogen and oxygen atoms in total. The average molecular weight is 400 g/mol. The third kappa shape index (κ3) is 6.31. The first-order valence-corrected chi connectivity index (χ1v) is 10.9. The van der Waals surface area contributed by atoms with Gasteiger partial charge in [0.15, 0.2) is 0 Å². The Hall–Kier alpha value is -2.37. The highest BCUT2D eigenvalue weighted by Crippen LogP contribution is 2.28. The topological polar surface area (TPSA) is 69.7 Å². The fourth-order valence-corrected chi connectivity index (χ4v) is 4.48. The summed E-state index contributed by atoms with van der Waals surface area (Å²) in [7, 11) is 0. The predicted molar refractivity (Wildman–Crippen MR) is 112 cm³/mol. The molecule has 2 fully saturated rings. The summed E-state index contributed by atoms with van der Waals surface area (Å²) in [6.45, 7) is 3.80. The molecule has 2 aliphatic rings. The quantitative estimate of drug-likeness (QED) is 0.766. The molecular formula is C23H33N3O3. The zero-order valence-electron chi connectivity index (χ0n) is 17.4. The standard InChI is InChI=1S/C23H33N3O3/c1-18(27)24-21(20-9-3-2-4-10-20)17-23(29)26-15-13-25(14-16-26)22(28)12-11-19-7-5-6-8-19/h2-4,9-10,19,21H,5-8,11-17H2,1H3,(H,24,27). The molecule has 1 unspecified atom stereocenters. The van der Waals surface area contributed by atoms with Gasteiger partial charge in [-0.05, 0) is 17.9 Å². The van der Waals surface area contributed by atoms with Gasteiger partial charge in [-0.15, -0.1) is 0 Å². The minimum atomic E-state index is -0.327. The first kappa shape index (κ1) is 21.3. The molecule has 1 N–H and O–H groups in total. The van der Waals surface area contributed by atoms with Crippen LogP contribution in [0.15, 0.2) is 30.3 Å². The van der Waals surface area contributed by atoms with Crippen LogP contribution in [0.2, 0.25) is 0 Å². The molecule has 1 heterocycles. The van der Waals surface area contributed by atoms with Crippen molar-refractivity contribution in [2.24, 2.45) is 5.92 Å². The number of carbonyl (C=O) groups is 3. The van der Waals surface area contributed by atoms with Crippen molar-refractivity contribution < 1.29 is 14.4 Å². The normalized spacial score (nSPS) is 18.5. The van der Waals surface area contributed by atoms with E-state index in [0.29, 0.717) is 32.6 Å². The fraction of sp³-hybridized carbons (Fsp3) is 0.609.